The molecule has 172 valence electrons. The number of pyridine rings is 1. The van der Waals surface area contributed by atoms with Crippen LogP contribution < -0.4 is 4.74 Å². The number of aromatic nitrogens is 1. The maximum Gasteiger partial charge on any atom is 0.446 e. The number of nitrogens with zero attached hydrogens (tertiary/aromatic N) is 2. The predicted octanol–water partition coefficient (Wildman–Crippen LogP) is 6.55. The molecule has 0 spiro atoms. The predicted molar refractivity (Wildman–Crippen MR) is 126 cm³/mol. The molecule has 4 nitrogen and oxygen atoms in total. The Morgan fingerprint density at radius 2 is 1.76 bits per heavy atom. The molecule has 0 saturated heterocycles. The molecule has 1 aromatic heterocycles. The van der Waals surface area contributed by atoms with E-state index < -0.39 is 5.51 Å². The van der Waals surface area contributed by atoms with Gasteiger partial charge in [0.15, 0.2) is 0 Å². The number of alkyl halides is 3. The summed E-state index contributed by atoms with van der Waals surface area (Å²) in [6.07, 6.45) is 1.82. The van der Waals surface area contributed by atoms with E-state index in [0.29, 0.717) is 31.0 Å². The number of fused-ring (bicyclic) bond motifs is 2. The summed E-state index contributed by atoms with van der Waals surface area (Å²) < 4.78 is 43.6. The Morgan fingerprint density at radius 1 is 0.971 bits per heavy atom. The van der Waals surface area contributed by atoms with E-state index >= 15 is 0 Å². The largest absolute Gasteiger partial charge is 0.491 e. The number of hydrogen-bond donors (Lipinski definition) is 0. The van der Waals surface area contributed by atoms with Crippen molar-refractivity contribution in [3.05, 3.63) is 90.1 Å². The number of carbonyl (C=O) groups excluding carboxylic acids is 1. The number of ether oxygens (including phenoxy) is 1. The van der Waals surface area contributed by atoms with Crippen molar-refractivity contribution in [3.63, 3.8) is 0 Å². The van der Waals surface area contributed by atoms with Crippen LogP contribution in [0.15, 0.2) is 83.9 Å². The second-order valence-corrected chi connectivity index (χ2v) is 9.02. The van der Waals surface area contributed by atoms with E-state index in [4.69, 9.17) is 4.74 Å². The molecule has 0 atom stereocenters. The van der Waals surface area contributed by atoms with Crippen LogP contribution in [0.25, 0.3) is 22.0 Å². The van der Waals surface area contributed by atoms with Crippen molar-refractivity contribution in [2.24, 2.45) is 0 Å². The van der Waals surface area contributed by atoms with Gasteiger partial charge in [0, 0.05) is 39.7 Å². The Bertz CT molecular complexity index is 1360. The highest BCUT2D eigenvalue weighted by molar-refractivity contribution is 8.00. The number of benzene rings is 3. The topological polar surface area (TPSA) is 42.4 Å². The quantitative estimate of drug-likeness (QED) is 0.312. The van der Waals surface area contributed by atoms with Crippen molar-refractivity contribution in [2.45, 2.75) is 16.9 Å². The lowest BCUT2D eigenvalue weighted by Crippen LogP contribution is -2.32. The Labute approximate surface area is 198 Å². The van der Waals surface area contributed by atoms with Crippen molar-refractivity contribution in [3.8, 4) is 16.9 Å². The van der Waals surface area contributed by atoms with Crippen molar-refractivity contribution in [1.82, 2.24) is 9.88 Å². The van der Waals surface area contributed by atoms with Crippen LogP contribution >= 0.6 is 11.8 Å². The standard InChI is InChI=1S/C26H19F3N2O2S/c27-26(28,29)34-22-8-5-17(6-9-22)25(32)31-11-12-33-24-10-7-18(13-21(24)16-31)20-14-19-3-1-2-4-23(19)30-15-20/h1-10,13-15H,11-12,16H2. The first-order valence-electron chi connectivity index (χ1n) is 10.6. The number of amides is 1. The molecular formula is C26H19F3N2O2S. The molecule has 1 aliphatic heterocycles. The zero-order valence-corrected chi connectivity index (χ0v) is 18.7. The lowest BCUT2D eigenvalue weighted by molar-refractivity contribution is -0.0328. The van der Waals surface area contributed by atoms with Gasteiger partial charge in [-0.3, -0.25) is 9.78 Å². The van der Waals surface area contributed by atoms with Gasteiger partial charge in [-0.05, 0) is 65.9 Å². The minimum Gasteiger partial charge on any atom is -0.491 e. The summed E-state index contributed by atoms with van der Waals surface area (Å²) >= 11 is -0.199. The van der Waals surface area contributed by atoms with Gasteiger partial charge in [0.1, 0.15) is 12.4 Å². The third kappa shape index (κ3) is 4.87. The molecule has 0 saturated carbocycles. The molecule has 1 aliphatic rings. The van der Waals surface area contributed by atoms with Crippen LogP contribution in [0.3, 0.4) is 0 Å². The molecule has 8 heteroatoms. The van der Waals surface area contributed by atoms with Gasteiger partial charge < -0.3 is 9.64 Å². The minimum atomic E-state index is -4.37. The van der Waals surface area contributed by atoms with E-state index in [1.165, 1.54) is 24.3 Å². The van der Waals surface area contributed by atoms with Crippen molar-refractivity contribution >= 4 is 28.6 Å². The van der Waals surface area contributed by atoms with Crippen LogP contribution in [-0.2, 0) is 6.54 Å². The molecule has 0 fully saturated rings. The van der Waals surface area contributed by atoms with Crippen LogP contribution in [0.2, 0.25) is 0 Å². The summed E-state index contributed by atoms with van der Waals surface area (Å²) in [7, 11) is 0. The molecule has 5 rings (SSSR count). The summed E-state index contributed by atoms with van der Waals surface area (Å²) in [5.74, 6) is 0.461. The Balaban J connectivity index is 1.38. The maximum absolute atomic E-state index is 13.1. The summed E-state index contributed by atoms with van der Waals surface area (Å²) in [5.41, 5.74) is -0.327. The molecule has 0 N–H and O–H groups in total. The number of para-hydroxylation sites is 1. The highest BCUT2D eigenvalue weighted by atomic mass is 32.2. The second-order valence-electron chi connectivity index (χ2n) is 7.89. The summed E-state index contributed by atoms with van der Waals surface area (Å²) in [5, 5.41) is 1.04. The van der Waals surface area contributed by atoms with Crippen LogP contribution in [-0.4, -0.2) is 34.5 Å². The third-order valence-electron chi connectivity index (χ3n) is 5.59. The van der Waals surface area contributed by atoms with Crippen LogP contribution in [0.4, 0.5) is 13.2 Å². The molecule has 1 amide bonds. The fourth-order valence-electron chi connectivity index (χ4n) is 3.96. The van der Waals surface area contributed by atoms with E-state index in [-0.39, 0.29) is 22.6 Å². The summed E-state index contributed by atoms with van der Waals surface area (Å²) in [6, 6.07) is 21.3. The lowest BCUT2D eigenvalue weighted by atomic mass is 10.0. The first-order chi connectivity index (χ1) is 16.4. The van der Waals surface area contributed by atoms with Gasteiger partial charge in [0.05, 0.1) is 12.1 Å². The molecule has 0 radical (unpaired) electrons. The number of hydrogen-bond acceptors (Lipinski definition) is 4. The van der Waals surface area contributed by atoms with Crippen molar-refractivity contribution in [2.75, 3.05) is 13.2 Å². The number of rotatable bonds is 3. The molecule has 0 bridgehead atoms. The molecule has 4 aromatic rings. The van der Waals surface area contributed by atoms with Crippen LogP contribution in [0.1, 0.15) is 15.9 Å². The third-order valence-corrected chi connectivity index (χ3v) is 6.33. The zero-order valence-electron chi connectivity index (χ0n) is 17.9. The smallest absolute Gasteiger partial charge is 0.446 e. The highest BCUT2D eigenvalue weighted by Gasteiger charge is 2.29. The lowest BCUT2D eigenvalue weighted by Gasteiger charge is -2.20. The fraction of sp³-hybridized carbons (Fsp3) is 0.154. The monoisotopic (exact) mass is 480 g/mol. The van der Waals surface area contributed by atoms with Gasteiger partial charge in [0.25, 0.3) is 5.91 Å². The Hall–Kier alpha value is -3.52. The molecule has 3 aromatic carbocycles. The van der Waals surface area contributed by atoms with Gasteiger partial charge in [-0.2, -0.15) is 13.2 Å². The van der Waals surface area contributed by atoms with Gasteiger partial charge in [0.2, 0.25) is 0 Å². The zero-order chi connectivity index (χ0) is 23.7. The molecule has 34 heavy (non-hydrogen) atoms. The fourth-order valence-corrected chi connectivity index (χ4v) is 4.50. The summed E-state index contributed by atoms with van der Waals surface area (Å²) in [6.45, 7) is 1.04. The first-order valence-corrected chi connectivity index (χ1v) is 11.4. The van der Waals surface area contributed by atoms with Crippen molar-refractivity contribution < 1.29 is 22.7 Å². The highest BCUT2D eigenvalue weighted by Crippen LogP contribution is 2.37. The molecule has 2 heterocycles. The number of thioether (sulfide) groups is 1. The van der Waals surface area contributed by atoms with Gasteiger partial charge >= 0.3 is 5.51 Å². The Kier molecular flexibility index (Phi) is 5.91. The Morgan fingerprint density at radius 3 is 2.56 bits per heavy atom. The normalized spacial score (nSPS) is 13.8. The molecular weight excluding hydrogens is 461 g/mol. The van der Waals surface area contributed by atoms with Crippen LogP contribution in [0.5, 0.6) is 5.75 Å². The van der Waals surface area contributed by atoms with Gasteiger partial charge in [-0.25, -0.2) is 0 Å². The molecule has 0 aliphatic carbocycles. The summed E-state index contributed by atoms with van der Waals surface area (Å²) in [4.78, 5) is 19.3. The maximum atomic E-state index is 13.1. The van der Waals surface area contributed by atoms with E-state index in [1.54, 1.807) is 4.90 Å². The molecule has 0 unspecified atom stereocenters. The number of halogens is 3. The van der Waals surface area contributed by atoms with Gasteiger partial charge in [-0.15, -0.1) is 0 Å². The van der Waals surface area contributed by atoms with Crippen molar-refractivity contribution in [1.29, 1.82) is 0 Å². The SMILES string of the molecule is O=C(c1ccc(SC(F)(F)F)cc1)N1CCOc2ccc(-c3cnc4ccccc4c3)cc2C1. The second kappa shape index (κ2) is 9.02. The van der Waals surface area contributed by atoms with Crippen LogP contribution in [0, 0.1) is 0 Å². The average molecular weight is 481 g/mol. The average Bonchev–Trinajstić information content (AvgIpc) is 3.05. The van der Waals surface area contributed by atoms with E-state index in [9.17, 15) is 18.0 Å². The number of carbonyl (C=O) groups is 1. The minimum absolute atomic E-state index is 0.0437. The van der Waals surface area contributed by atoms with E-state index in [0.717, 1.165) is 27.6 Å². The van der Waals surface area contributed by atoms with E-state index in [2.05, 4.69) is 11.1 Å². The van der Waals surface area contributed by atoms with E-state index in [1.807, 2.05) is 48.7 Å². The first kappa shape index (κ1) is 22.3. The van der Waals surface area contributed by atoms with Gasteiger partial charge in [-0.1, -0.05) is 24.3 Å².